The van der Waals surface area contributed by atoms with Crippen molar-refractivity contribution in [3.63, 3.8) is 0 Å². The van der Waals surface area contributed by atoms with Crippen molar-refractivity contribution in [1.29, 1.82) is 0 Å². The number of hydrogen-bond donors (Lipinski definition) is 1. The molecule has 4 nitrogen and oxygen atoms in total. The summed E-state index contributed by atoms with van der Waals surface area (Å²) in [5, 5.41) is 2.83. The fourth-order valence-corrected chi connectivity index (χ4v) is 2.17. The van der Waals surface area contributed by atoms with E-state index < -0.39 is 0 Å². The van der Waals surface area contributed by atoms with Crippen LogP contribution in [0.15, 0.2) is 42.7 Å². The molecule has 116 valence electrons. The van der Waals surface area contributed by atoms with E-state index in [1.807, 2.05) is 13.0 Å². The molecule has 1 N–H and O–H groups in total. The van der Waals surface area contributed by atoms with Gasteiger partial charge in [0.05, 0.1) is 12.1 Å². The normalized spacial score (nSPS) is 10.5. The molecule has 2 aromatic rings. The third-order valence-corrected chi connectivity index (χ3v) is 3.36. The predicted octanol–water partition coefficient (Wildman–Crippen LogP) is 3.32. The molecular formula is C18H22N2O2. The van der Waals surface area contributed by atoms with Gasteiger partial charge in [-0.05, 0) is 42.2 Å². The van der Waals surface area contributed by atoms with Crippen LogP contribution in [0, 0.1) is 6.92 Å². The highest BCUT2D eigenvalue weighted by Crippen LogP contribution is 2.27. The second-order valence-electron chi connectivity index (χ2n) is 5.54. The molecule has 0 unspecified atom stereocenters. The number of pyridine rings is 1. The van der Waals surface area contributed by atoms with Crippen molar-refractivity contribution in [3.05, 3.63) is 59.4 Å². The monoisotopic (exact) mass is 298 g/mol. The van der Waals surface area contributed by atoms with E-state index in [2.05, 4.69) is 36.3 Å². The average molecular weight is 298 g/mol. The van der Waals surface area contributed by atoms with Crippen LogP contribution >= 0.6 is 0 Å². The molecule has 0 atom stereocenters. The average Bonchev–Trinajstić information content (AvgIpc) is 2.52. The van der Waals surface area contributed by atoms with Gasteiger partial charge in [-0.3, -0.25) is 9.78 Å². The Morgan fingerprint density at radius 3 is 2.82 bits per heavy atom. The van der Waals surface area contributed by atoms with E-state index in [0.29, 0.717) is 24.6 Å². The van der Waals surface area contributed by atoms with Crippen LogP contribution in [0.25, 0.3) is 0 Å². The van der Waals surface area contributed by atoms with Crippen molar-refractivity contribution in [1.82, 2.24) is 10.3 Å². The minimum absolute atomic E-state index is 0.134. The number of nitrogens with zero attached hydrogens (tertiary/aromatic N) is 1. The first-order chi connectivity index (χ1) is 10.6. The first-order valence-corrected chi connectivity index (χ1v) is 7.49. The highest BCUT2D eigenvalue weighted by Gasteiger charge is 2.08. The predicted molar refractivity (Wildman–Crippen MR) is 87.3 cm³/mol. The van der Waals surface area contributed by atoms with Crippen LogP contribution in [0.5, 0.6) is 5.75 Å². The largest absolute Gasteiger partial charge is 0.491 e. The molecule has 0 bridgehead atoms. The van der Waals surface area contributed by atoms with Gasteiger partial charge in [0.2, 0.25) is 0 Å². The lowest BCUT2D eigenvalue weighted by Crippen LogP contribution is -2.28. The zero-order valence-corrected chi connectivity index (χ0v) is 13.3. The topological polar surface area (TPSA) is 51.2 Å². The fourth-order valence-electron chi connectivity index (χ4n) is 2.17. The van der Waals surface area contributed by atoms with E-state index in [-0.39, 0.29) is 5.91 Å². The molecule has 0 aliphatic rings. The van der Waals surface area contributed by atoms with Gasteiger partial charge in [0.15, 0.2) is 0 Å². The van der Waals surface area contributed by atoms with Gasteiger partial charge >= 0.3 is 0 Å². The van der Waals surface area contributed by atoms with Crippen molar-refractivity contribution in [2.24, 2.45) is 0 Å². The van der Waals surface area contributed by atoms with Crippen LogP contribution < -0.4 is 10.1 Å². The van der Waals surface area contributed by atoms with Crippen molar-refractivity contribution in [3.8, 4) is 5.75 Å². The van der Waals surface area contributed by atoms with E-state index in [0.717, 1.165) is 5.75 Å². The molecule has 0 fully saturated rings. The third-order valence-electron chi connectivity index (χ3n) is 3.36. The van der Waals surface area contributed by atoms with Crippen LogP contribution in [-0.2, 0) is 0 Å². The second kappa shape index (κ2) is 7.59. The van der Waals surface area contributed by atoms with Crippen molar-refractivity contribution < 1.29 is 9.53 Å². The summed E-state index contributed by atoms with van der Waals surface area (Å²) >= 11 is 0. The minimum atomic E-state index is -0.134. The van der Waals surface area contributed by atoms with Gasteiger partial charge < -0.3 is 10.1 Å². The molecule has 0 saturated heterocycles. The quantitative estimate of drug-likeness (QED) is 0.832. The van der Waals surface area contributed by atoms with E-state index in [1.54, 1.807) is 24.5 Å². The molecule has 0 saturated carbocycles. The Morgan fingerprint density at radius 2 is 2.14 bits per heavy atom. The first kappa shape index (κ1) is 16.0. The van der Waals surface area contributed by atoms with Crippen LogP contribution in [0.4, 0.5) is 0 Å². The number of ether oxygens (including phenoxy) is 1. The number of rotatable bonds is 6. The molecule has 0 radical (unpaired) electrons. The molecule has 1 amide bonds. The Balaban J connectivity index is 1.87. The van der Waals surface area contributed by atoms with E-state index in [1.165, 1.54) is 11.1 Å². The summed E-state index contributed by atoms with van der Waals surface area (Å²) in [6.45, 7) is 7.22. The fraction of sp³-hybridized carbons (Fsp3) is 0.333. The second-order valence-corrected chi connectivity index (χ2v) is 5.54. The lowest BCUT2D eigenvalue weighted by Gasteiger charge is -2.15. The zero-order valence-electron chi connectivity index (χ0n) is 13.3. The summed E-state index contributed by atoms with van der Waals surface area (Å²) in [6.07, 6.45) is 3.19. The van der Waals surface area contributed by atoms with Gasteiger partial charge in [0, 0.05) is 12.4 Å². The Morgan fingerprint density at radius 1 is 1.32 bits per heavy atom. The summed E-state index contributed by atoms with van der Waals surface area (Å²) in [5.74, 6) is 1.16. The van der Waals surface area contributed by atoms with E-state index in [4.69, 9.17) is 4.74 Å². The van der Waals surface area contributed by atoms with Crippen LogP contribution in [-0.4, -0.2) is 24.0 Å². The van der Waals surface area contributed by atoms with Crippen LogP contribution in [0.3, 0.4) is 0 Å². The minimum Gasteiger partial charge on any atom is -0.491 e. The van der Waals surface area contributed by atoms with Crippen LogP contribution in [0.1, 0.15) is 41.3 Å². The summed E-state index contributed by atoms with van der Waals surface area (Å²) in [5.41, 5.74) is 2.91. The number of amides is 1. The highest BCUT2D eigenvalue weighted by molar-refractivity contribution is 5.93. The number of aromatic nitrogens is 1. The Bertz CT molecular complexity index is 624. The first-order valence-electron chi connectivity index (χ1n) is 7.49. The lowest BCUT2D eigenvalue weighted by molar-refractivity contribution is 0.0946. The van der Waals surface area contributed by atoms with Gasteiger partial charge in [-0.1, -0.05) is 26.0 Å². The van der Waals surface area contributed by atoms with E-state index in [9.17, 15) is 4.79 Å². The van der Waals surface area contributed by atoms with Gasteiger partial charge in [-0.15, -0.1) is 0 Å². The SMILES string of the molecule is Cc1ccc(C(C)C)c(OCCNC(=O)c2cccnc2)c1. The number of nitrogens with one attached hydrogen (secondary N) is 1. The zero-order chi connectivity index (χ0) is 15.9. The molecule has 4 heteroatoms. The Labute approximate surface area is 131 Å². The molecule has 2 rings (SSSR count). The van der Waals surface area contributed by atoms with Gasteiger partial charge in [0.1, 0.15) is 12.4 Å². The number of carbonyl (C=O) groups excluding carboxylic acids is 1. The van der Waals surface area contributed by atoms with Crippen molar-refractivity contribution >= 4 is 5.91 Å². The van der Waals surface area contributed by atoms with Gasteiger partial charge in [-0.25, -0.2) is 0 Å². The molecule has 1 aromatic carbocycles. The molecule has 22 heavy (non-hydrogen) atoms. The summed E-state index contributed by atoms with van der Waals surface area (Å²) < 4.78 is 5.84. The Hall–Kier alpha value is -2.36. The maximum absolute atomic E-state index is 11.9. The Kier molecular flexibility index (Phi) is 5.53. The number of aryl methyl sites for hydroxylation is 1. The van der Waals surface area contributed by atoms with Gasteiger partial charge in [-0.2, -0.15) is 0 Å². The smallest absolute Gasteiger partial charge is 0.252 e. The standard InChI is InChI=1S/C18H22N2O2/c1-13(2)16-7-6-14(3)11-17(16)22-10-9-20-18(21)15-5-4-8-19-12-15/h4-8,11-13H,9-10H2,1-3H3,(H,20,21). The molecule has 1 aromatic heterocycles. The molecule has 0 aliphatic heterocycles. The van der Waals surface area contributed by atoms with Gasteiger partial charge in [0.25, 0.3) is 5.91 Å². The lowest BCUT2D eigenvalue weighted by atomic mass is 10.0. The molecule has 0 aliphatic carbocycles. The third kappa shape index (κ3) is 4.32. The summed E-state index contributed by atoms with van der Waals surface area (Å²) in [7, 11) is 0. The van der Waals surface area contributed by atoms with Crippen molar-refractivity contribution in [2.45, 2.75) is 26.7 Å². The summed E-state index contributed by atoms with van der Waals surface area (Å²) in [6, 6.07) is 9.71. The maximum Gasteiger partial charge on any atom is 0.252 e. The highest BCUT2D eigenvalue weighted by atomic mass is 16.5. The number of hydrogen-bond acceptors (Lipinski definition) is 3. The van der Waals surface area contributed by atoms with E-state index >= 15 is 0 Å². The maximum atomic E-state index is 11.9. The molecular weight excluding hydrogens is 276 g/mol. The number of carbonyl (C=O) groups is 1. The number of benzene rings is 1. The molecule has 0 spiro atoms. The van der Waals surface area contributed by atoms with Crippen molar-refractivity contribution in [2.75, 3.05) is 13.2 Å². The summed E-state index contributed by atoms with van der Waals surface area (Å²) in [4.78, 5) is 15.8. The molecule has 1 heterocycles. The van der Waals surface area contributed by atoms with Crippen LogP contribution in [0.2, 0.25) is 0 Å².